The van der Waals surface area contributed by atoms with E-state index in [4.69, 9.17) is 23.2 Å². The maximum Gasteiger partial charge on any atom is -1.00 e. The standard InChI is InChI=1S/C25H25.C11H17.2C7H5Cl.2ClH.Zr/c1-14-12-24(3,4)22-8-16-7-17-9-23-19(15(2)13-25(23,5)6)11-21(17)20(16)10-18(14)22;1-8-6-9(2)10(7-8)11(3,4)5;2*1-6-2-4-7(8)5-3-6;;;/h7-13H,1-6H3;7-8H,1-5H3;2*1-5H;2*1H;/q2*-1;;;;;/p-2. The van der Waals surface area contributed by atoms with E-state index in [-0.39, 0.29) is 35.6 Å². The summed E-state index contributed by atoms with van der Waals surface area (Å²) < 4.78 is 4.66. The van der Waals surface area contributed by atoms with Gasteiger partial charge in [0.1, 0.15) is 0 Å². The minimum atomic E-state index is -0.623. The quantitative estimate of drug-likeness (QED) is 0.156. The van der Waals surface area contributed by atoms with E-state index in [0.717, 1.165) is 10.0 Å². The summed E-state index contributed by atoms with van der Waals surface area (Å²) in [6.45, 7) is 24.9. The van der Waals surface area contributed by atoms with Crippen molar-refractivity contribution in [1.82, 2.24) is 0 Å². The van der Waals surface area contributed by atoms with Crippen LogP contribution in [0, 0.1) is 17.4 Å². The van der Waals surface area contributed by atoms with Gasteiger partial charge in [-0.05, 0) is 36.1 Å². The number of fused-ring (bicyclic) bond motifs is 5. The van der Waals surface area contributed by atoms with Gasteiger partial charge in [-0.3, -0.25) is 6.08 Å². The fraction of sp³-hybridized carbons (Fsp3) is 0.300. The molecule has 55 heavy (non-hydrogen) atoms. The molecule has 0 nitrogen and oxygen atoms in total. The number of halogens is 4. The molecule has 5 heteroatoms. The Morgan fingerprint density at radius 3 is 1.40 bits per heavy atom. The van der Waals surface area contributed by atoms with Gasteiger partial charge in [0, 0.05) is 10.8 Å². The van der Waals surface area contributed by atoms with Crippen LogP contribution in [0.15, 0.2) is 108 Å². The van der Waals surface area contributed by atoms with Crippen molar-refractivity contribution in [3.8, 4) is 0 Å². The second-order valence-corrected chi connectivity index (χ2v) is 20.3. The van der Waals surface area contributed by atoms with Crippen molar-refractivity contribution in [2.75, 3.05) is 0 Å². The van der Waals surface area contributed by atoms with Crippen molar-refractivity contribution in [2.45, 2.75) is 87.0 Å². The average Bonchev–Trinajstić information content (AvgIpc) is 3.75. The number of hydrogen-bond acceptors (Lipinski definition) is 0. The zero-order valence-corrected chi connectivity index (χ0v) is 39.5. The molecule has 0 bridgehead atoms. The van der Waals surface area contributed by atoms with Gasteiger partial charge in [-0.15, -0.1) is 39.7 Å². The van der Waals surface area contributed by atoms with Gasteiger partial charge in [0.05, 0.1) is 0 Å². The molecule has 0 saturated heterocycles. The largest absolute Gasteiger partial charge is 1.00 e. The predicted molar refractivity (Wildman–Crippen MR) is 233 cm³/mol. The van der Waals surface area contributed by atoms with Crippen LogP contribution in [0.25, 0.3) is 32.7 Å². The molecule has 0 amide bonds. The summed E-state index contributed by atoms with van der Waals surface area (Å²) in [6.07, 6.45) is 10.5. The van der Waals surface area contributed by atoms with Crippen LogP contribution in [-0.4, -0.2) is 7.42 Å². The molecular formula is C50H52Cl4Zr-4. The van der Waals surface area contributed by atoms with Crippen molar-refractivity contribution < 1.29 is 47.1 Å². The number of hydrogen-bond donors (Lipinski definition) is 0. The maximum absolute atomic E-state index is 5.84. The number of rotatable bonds is 2. The smallest absolute Gasteiger partial charge is 1.00 e. The van der Waals surface area contributed by atoms with E-state index in [1.807, 2.05) is 24.3 Å². The van der Waals surface area contributed by atoms with Crippen LogP contribution in [0.2, 0.25) is 10.0 Å². The van der Waals surface area contributed by atoms with E-state index in [2.05, 4.69) is 162 Å². The molecule has 1 atom stereocenters. The van der Waals surface area contributed by atoms with Gasteiger partial charge < -0.3 is 24.8 Å². The summed E-state index contributed by atoms with van der Waals surface area (Å²) >= 11 is 11.0. The third kappa shape index (κ3) is 10.1. The van der Waals surface area contributed by atoms with Gasteiger partial charge in [-0.2, -0.15) is 11.6 Å². The summed E-state index contributed by atoms with van der Waals surface area (Å²) in [4.78, 5) is 0. The van der Waals surface area contributed by atoms with Gasteiger partial charge in [-0.1, -0.05) is 109 Å². The fourth-order valence-corrected chi connectivity index (χ4v) is 10.6. The van der Waals surface area contributed by atoms with E-state index in [0.29, 0.717) is 11.3 Å². The summed E-state index contributed by atoms with van der Waals surface area (Å²) in [6, 6.07) is 28.0. The molecule has 3 aliphatic rings. The van der Waals surface area contributed by atoms with E-state index >= 15 is 0 Å². The zero-order chi connectivity index (χ0) is 38.5. The first-order valence-electron chi connectivity index (χ1n) is 18.7. The fourth-order valence-electron chi connectivity index (χ4n) is 8.22. The molecule has 1 unspecified atom stereocenters. The molecule has 5 aromatic rings. The van der Waals surface area contributed by atoms with E-state index in [1.165, 1.54) is 77.2 Å². The average molecular weight is 886 g/mol. The molecule has 0 heterocycles. The molecule has 5 aromatic carbocycles. The Labute approximate surface area is 363 Å². The van der Waals surface area contributed by atoms with Crippen molar-refractivity contribution in [3.05, 3.63) is 158 Å². The minimum Gasteiger partial charge on any atom is -1.00 e. The second-order valence-electron chi connectivity index (χ2n) is 17.2. The first-order chi connectivity index (χ1) is 24.8. The van der Waals surface area contributed by atoms with Crippen molar-refractivity contribution in [1.29, 1.82) is 0 Å². The van der Waals surface area contributed by atoms with Crippen LogP contribution in [0.1, 0.15) is 110 Å². The Hall–Kier alpha value is -2.51. The molecule has 0 aliphatic heterocycles. The van der Waals surface area contributed by atoms with Crippen LogP contribution in [0.4, 0.5) is 0 Å². The molecule has 8 rings (SSSR count). The predicted octanol–water partition coefficient (Wildman–Crippen LogP) is 8.54. The van der Waals surface area contributed by atoms with Crippen molar-refractivity contribution >= 4 is 63.3 Å². The van der Waals surface area contributed by atoms with Crippen LogP contribution >= 0.6 is 23.2 Å². The first kappa shape index (κ1) is 45.2. The van der Waals surface area contributed by atoms with Crippen LogP contribution in [-0.2, 0) is 33.1 Å². The van der Waals surface area contributed by atoms with Gasteiger partial charge >= 0.3 is 123 Å². The van der Waals surface area contributed by atoms with E-state index in [1.54, 1.807) is 0 Å². The number of benzene rings is 4. The van der Waals surface area contributed by atoms with E-state index in [9.17, 15) is 0 Å². The Kier molecular flexibility index (Phi) is 14.4. The monoisotopic (exact) mass is 882 g/mol. The summed E-state index contributed by atoms with van der Waals surface area (Å²) in [5, 5.41) is 7.14. The molecule has 0 radical (unpaired) electrons. The molecule has 0 spiro atoms. The molecule has 0 fully saturated rings. The molecule has 0 aromatic heterocycles. The summed E-state index contributed by atoms with van der Waals surface area (Å²) in [7, 11) is 0. The normalized spacial score (nSPS) is 17.0. The van der Waals surface area contributed by atoms with Gasteiger partial charge in [-0.25, -0.2) is 5.57 Å². The zero-order valence-electron chi connectivity index (χ0n) is 34.0. The third-order valence-electron chi connectivity index (χ3n) is 10.7. The van der Waals surface area contributed by atoms with Crippen LogP contribution < -0.4 is 24.8 Å². The number of allylic oxidation sites excluding steroid dienone is 8. The Bertz CT molecular complexity index is 2260. The van der Waals surface area contributed by atoms with Crippen molar-refractivity contribution in [3.63, 3.8) is 0 Å². The second kappa shape index (κ2) is 17.5. The van der Waals surface area contributed by atoms with Gasteiger partial charge in [0.2, 0.25) is 0 Å². The Balaban J connectivity index is 0.000000196. The Morgan fingerprint density at radius 1 is 0.673 bits per heavy atom. The molecular weight excluding hydrogens is 834 g/mol. The Morgan fingerprint density at radius 2 is 1.07 bits per heavy atom. The van der Waals surface area contributed by atoms with Gasteiger partial charge in [0.25, 0.3) is 0 Å². The minimum absolute atomic E-state index is 0. The molecule has 0 N–H and O–H groups in total. The SMILES string of the molecule is CC1=CC(C)(C)c2cc3[cH-]c4cc5c(cc4c3cc21)C(C)=CC5(C)C.CC1=[C-]C(C)C=C1C(C)(C)C.Clc1ccc([CH]=[Zr]=[CH]c2ccc(Cl)cc2)cc1.[Cl-].[Cl-]. The summed E-state index contributed by atoms with van der Waals surface area (Å²) in [5.74, 6) is 0.518. The van der Waals surface area contributed by atoms with E-state index < -0.39 is 22.3 Å². The third-order valence-corrected chi connectivity index (χ3v) is 13.6. The first-order valence-corrected chi connectivity index (χ1v) is 22.3. The topological polar surface area (TPSA) is 0 Å². The van der Waals surface area contributed by atoms with Crippen molar-refractivity contribution in [2.24, 2.45) is 11.3 Å². The van der Waals surface area contributed by atoms with Crippen LogP contribution in [0.5, 0.6) is 0 Å². The maximum atomic E-state index is 5.84. The molecule has 0 saturated carbocycles. The molecule has 3 aliphatic carbocycles. The van der Waals surface area contributed by atoms with Crippen LogP contribution in [0.3, 0.4) is 0 Å². The van der Waals surface area contributed by atoms with Gasteiger partial charge in [0.15, 0.2) is 0 Å². The molecule has 288 valence electrons. The summed E-state index contributed by atoms with van der Waals surface area (Å²) in [5.41, 5.74) is 14.5.